The molecule has 0 spiro atoms. The molecule has 1 aliphatic heterocycles. The van der Waals surface area contributed by atoms with Gasteiger partial charge in [0.25, 0.3) is 0 Å². The third kappa shape index (κ3) is 4.62. The average molecular weight is 525 g/mol. The van der Waals surface area contributed by atoms with Crippen LogP contribution in [0.15, 0.2) is 54.9 Å². The zero-order valence-electron chi connectivity index (χ0n) is 22.1. The molecule has 2 heterocycles. The van der Waals surface area contributed by atoms with Gasteiger partial charge in [0.15, 0.2) is 5.82 Å². The Hall–Kier alpha value is -4.26. The van der Waals surface area contributed by atoms with Gasteiger partial charge in [0.2, 0.25) is 0 Å². The summed E-state index contributed by atoms with van der Waals surface area (Å²) in [5.41, 5.74) is 8.70. The predicted octanol–water partition coefficient (Wildman–Crippen LogP) is 6.89. The van der Waals surface area contributed by atoms with Crippen LogP contribution in [0.2, 0.25) is 0 Å². The summed E-state index contributed by atoms with van der Waals surface area (Å²) in [5, 5.41) is 9.16. The van der Waals surface area contributed by atoms with Gasteiger partial charge in [0.1, 0.15) is 23.4 Å². The summed E-state index contributed by atoms with van der Waals surface area (Å²) >= 11 is 0. The summed E-state index contributed by atoms with van der Waals surface area (Å²) in [5.74, 6) is 0.611. The van der Waals surface area contributed by atoms with Crippen LogP contribution in [-0.4, -0.2) is 27.7 Å². The number of aromatic nitrogens is 2. The number of aryl methyl sites for hydroxylation is 3. The number of carbonyl (C=O) groups is 1. The minimum atomic E-state index is -0.853. The van der Waals surface area contributed by atoms with Crippen molar-refractivity contribution in [2.75, 3.05) is 6.61 Å². The van der Waals surface area contributed by atoms with Crippen molar-refractivity contribution in [1.82, 2.24) is 9.97 Å². The van der Waals surface area contributed by atoms with Crippen LogP contribution in [-0.2, 0) is 11.2 Å². The van der Waals surface area contributed by atoms with Crippen LogP contribution < -0.4 is 9.47 Å². The van der Waals surface area contributed by atoms with E-state index in [1.54, 1.807) is 6.07 Å². The molecule has 0 bridgehead atoms. The van der Waals surface area contributed by atoms with Crippen LogP contribution >= 0.6 is 0 Å². The van der Waals surface area contributed by atoms with Crippen LogP contribution in [0.4, 0.5) is 4.39 Å². The maximum absolute atomic E-state index is 15.3. The van der Waals surface area contributed by atoms with Crippen molar-refractivity contribution in [3.8, 4) is 34.0 Å². The first-order valence-corrected chi connectivity index (χ1v) is 13.2. The lowest BCUT2D eigenvalue weighted by Crippen LogP contribution is -2.07. The summed E-state index contributed by atoms with van der Waals surface area (Å²) in [6.07, 6.45) is 4.60. The van der Waals surface area contributed by atoms with Gasteiger partial charge in [-0.3, -0.25) is 4.79 Å². The molecular formula is C32H29FN2O4. The largest absolute Gasteiger partial charge is 0.492 e. The highest BCUT2D eigenvalue weighted by molar-refractivity contribution is 5.78. The Balaban J connectivity index is 1.31. The van der Waals surface area contributed by atoms with Crippen molar-refractivity contribution in [1.29, 1.82) is 0 Å². The summed E-state index contributed by atoms with van der Waals surface area (Å²) < 4.78 is 27.3. The lowest BCUT2D eigenvalue weighted by Gasteiger charge is -2.19. The van der Waals surface area contributed by atoms with Crippen LogP contribution in [0.25, 0.3) is 22.5 Å². The van der Waals surface area contributed by atoms with Gasteiger partial charge in [-0.2, -0.15) is 0 Å². The number of carboxylic acid groups (broad SMARTS) is 1. The van der Waals surface area contributed by atoms with E-state index in [9.17, 15) is 4.79 Å². The van der Waals surface area contributed by atoms with Gasteiger partial charge in [0, 0.05) is 41.1 Å². The van der Waals surface area contributed by atoms with Crippen LogP contribution in [0.5, 0.6) is 11.5 Å². The molecule has 39 heavy (non-hydrogen) atoms. The molecule has 0 saturated carbocycles. The number of rotatable bonds is 6. The second kappa shape index (κ2) is 9.80. The lowest BCUT2D eigenvalue weighted by molar-refractivity contribution is -0.137. The standard InChI is InChI=1S/C32H29FN2O4/c1-17-14-34-32(35-15-17)20-10-18(2)30(19(3)11-20)24-6-8-26(33)31-25(24)7-9-27(31)39-22-4-5-23-21(12-29(36)37)16-38-28(23)13-22/h4-6,8,10-11,13-15,21,27H,7,9,12,16H2,1-3H3,(H,36,37)/t21?,27-/m1/s1. The molecule has 0 fully saturated rings. The summed E-state index contributed by atoms with van der Waals surface area (Å²) in [7, 11) is 0. The second-order valence-corrected chi connectivity index (χ2v) is 10.5. The van der Waals surface area contributed by atoms with E-state index in [0.717, 1.165) is 44.5 Å². The molecule has 4 aromatic rings. The lowest BCUT2D eigenvalue weighted by atomic mass is 9.89. The Morgan fingerprint density at radius 3 is 2.54 bits per heavy atom. The average Bonchev–Trinajstić information content (AvgIpc) is 3.50. The van der Waals surface area contributed by atoms with E-state index in [1.165, 1.54) is 6.07 Å². The smallest absolute Gasteiger partial charge is 0.304 e. The molecule has 0 radical (unpaired) electrons. The number of hydrogen-bond acceptors (Lipinski definition) is 5. The highest BCUT2D eigenvalue weighted by atomic mass is 19.1. The van der Waals surface area contributed by atoms with Gasteiger partial charge in [-0.15, -0.1) is 0 Å². The fourth-order valence-corrected chi connectivity index (χ4v) is 5.96. The van der Waals surface area contributed by atoms with Crippen molar-refractivity contribution in [3.05, 3.63) is 94.1 Å². The number of hydrogen-bond donors (Lipinski definition) is 1. The first kappa shape index (κ1) is 25.0. The van der Waals surface area contributed by atoms with Gasteiger partial charge >= 0.3 is 5.97 Å². The minimum Gasteiger partial charge on any atom is -0.492 e. The maximum atomic E-state index is 15.3. The quantitative estimate of drug-likeness (QED) is 0.296. The Labute approximate surface area is 226 Å². The minimum absolute atomic E-state index is 0.0229. The van der Waals surface area contributed by atoms with Gasteiger partial charge in [0.05, 0.1) is 13.0 Å². The number of carboxylic acids is 1. The summed E-state index contributed by atoms with van der Waals surface area (Å²) in [6.45, 7) is 6.44. The van der Waals surface area contributed by atoms with E-state index in [2.05, 4.69) is 35.9 Å². The molecule has 6 nitrogen and oxygen atoms in total. The first-order valence-electron chi connectivity index (χ1n) is 13.2. The van der Waals surface area contributed by atoms with Crippen LogP contribution in [0, 0.1) is 26.6 Å². The van der Waals surface area contributed by atoms with Crippen molar-refractivity contribution < 1.29 is 23.8 Å². The number of fused-ring (bicyclic) bond motifs is 2. The van der Waals surface area contributed by atoms with E-state index >= 15 is 4.39 Å². The molecule has 6 rings (SSSR count). The molecule has 0 amide bonds. The zero-order chi connectivity index (χ0) is 27.3. The Morgan fingerprint density at radius 1 is 1.08 bits per heavy atom. The Kier molecular flexibility index (Phi) is 6.29. The highest BCUT2D eigenvalue weighted by Crippen LogP contribution is 2.45. The molecule has 1 aliphatic carbocycles. The molecule has 3 aromatic carbocycles. The number of ether oxygens (including phenoxy) is 2. The fraction of sp³-hybridized carbons (Fsp3) is 0.281. The maximum Gasteiger partial charge on any atom is 0.304 e. The van der Waals surface area contributed by atoms with Gasteiger partial charge < -0.3 is 14.6 Å². The topological polar surface area (TPSA) is 81.5 Å². The number of benzene rings is 3. The summed E-state index contributed by atoms with van der Waals surface area (Å²) in [4.78, 5) is 20.1. The highest BCUT2D eigenvalue weighted by Gasteiger charge is 2.32. The molecular weight excluding hydrogens is 495 g/mol. The molecule has 7 heteroatoms. The Bertz CT molecular complexity index is 1580. The molecule has 0 saturated heterocycles. The van der Waals surface area contributed by atoms with Gasteiger partial charge in [-0.25, -0.2) is 14.4 Å². The van der Waals surface area contributed by atoms with E-state index < -0.39 is 12.1 Å². The van der Waals surface area contributed by atoms with Crippen molar-refractivity contribution >= 4 is 5.97 Å². The van der Waals surface area contributed by atoms with Crippen molar-refractivity contribution in [2.45, 2.75) is 52.1 Å². The third-order valence-electron chi connectivity index (χ3n) is 7.69. The molecule has 2 aliphatic rings. The third-order valence-corrected chi connectivity index (χ3v) is 7.69. The molecule has 1 unspecified atom stereocenters. The predicted molar refractivity (Wildman–Crippen MR) is 146 cm³/mol. The van der Waals surface area contributed by atoms with E-state index in [0.29, 0.717) is 42.3 Å². The monoisotopic (exact) mass is 524 g/mol. The van der Waals surface area contributed by atoms with E-state index in [4.69, 9.17) is 14.6 Å². The van der Waals surface area contributed by atoms with Crippen molar-refractivity contribution in [2.24, 2.45) is 0 Å². The molecule has 1 aromatic heterocycles. The normalized spacial score (nSPS) is 17.4. The van der Waals surface area contributed by atoms with Gasteiger partial charge in [-0.1, -0.05) is 12.1 Å². The molecule has 2 atom stereocenters. The van der Waals surface area contributed by atoms with Crippen molar-refractivity contribution in [3.63, 3.8) is 0 Å². The van der Waals surface area contributed by atoms with Crippen LogP contribution in [0.1, 0.15) is 58.2 Å². The number of aliphatic carboxylic acids is 1. The second-order valence-electron chi connectivity index (χ2n) is 10.5. The van der Waals surface area contributed by atoms with Gasteiger partial charge in [-0.05, 0) is 91.3 Å². The SMILES string of the molecule is Cc1cnc(-c2cc(C)c(-c3ccc(F)c4c3CC[C@H]4Oc3ccc4c(c3)OCC4CC(=O)O)c(C)c2)nc1. The van der Waals surface area contributed by atoms with E-state index in [-0.39, 0.29) is 18.2 Å². The molecule has 1 N–H and O–H groups in total. The first-order chi connectivity index (χ1) is 18.8. The summed E-state index contributed by atoms with van der Waals surface area (Å²) in [6, 6.07) is 13.1. The van der Waals surface area contributed by atoms with E-state index in [1.807, 2.05) is 37.5 Å². The fourth-order valence-electron chi connectivity index (χ4n) is 5.96. The van der Waals surface area contributed by atoms with Crippen LogP contribution in [0.3, 0.4) is 0 Å². The Morgan fingerprint density at radius 2 is 1.82 bits per heavy atom. The zero-order valence-corrected chi connectivity index (χ0v) is 22.1. The number of nitrogens with zero attached hydrogens (tertiary/aromatic N) is 2. The number of halogens is 1. The molecule has 198 valence electrons.